The molecule has 0 aliphatic rings. The maximum Gasteiger partial charge on any atom is 0.240 e. The van der Waals surface area contributed by atoms with E-state index in [9.17, 15) is 4.79 Å². The van der Waals surface area contributed by atoms with Crippen LogP contribution >= 0.6 is 11.8 Å². The third-order valence-electron chi connectivity index (χ3n) is 4.49. The molecule has 2 aromatic carbocycles. The second-order valence-corrected chi connectivity index (χ2v) is 7.58. The molecule has 28 heavy (non-hydrogen) atoms. The van der Waals surface area contributed by atoms with Crippen molar-refractivity contribution in [2.24, 2.45) is 0 Å². The Labute approximate surface area is 169 Å². The Morgan fingerprint density at radius 1 is 1.14 bits per heavy atom. The number of hydrogen-bond acceptors (Lipinski definition) is 5. The molecule has 0 N–H and O–H groups in total. The molecule has 6 nitrogen and oxygen atoms in total. The van der Waals surface area contributed by atoms with Gasteiger partial charge in [-0.05, 0) is 50.2 Å². The molecule has 0 saturated carbocycles. The summed E-state index contributed by atoms with van der Waals surface area (Å²) < 4.78 is 7.24. The number of benzene rings is 2. The first-order valence-corrected chi connectivity index (χ1v) is 10.00. The maximum atomic E-state index is 12.8. The zero-order valence-electron chi connectivity index (χ0n) is 16.5. The smallest absolute Gasteiger partial charge is 0.240 e. The van der Waals surface area contributed by atoms with Crippen LogP contribution in [0.3, 0.4) is 0 Å². The van der Waals surface area contributed by atoms with Crippen molar-refractivity contribution in [1.82, 2.24) is 14.8 Å². The van der Waals surface area contributed by atoms with Gasteiger partial charge < -0.3 is 14.2 Å². The minimum absolute atomic E-state index is 0.0212. The average Bonchev–Trinajstić information content (AvgIpc) is 3.15. The van der Waals surface area contributed by atoms with Crippen molar-refractivity contribution in [3.8, 4) is 17.1 Å². The van der Waals surface area contributed by atoms with Crippen LogP contribution in [0.15, 0.2) is 59.8 Å². The second-order valence-electron chi connectivity index (χ2n) is 6.27. The van der Waals surface area contributed by atoms with Gasteiger partial charge in [0.15, 0.2) is 11.0 Å². The Hall–Kier alpha value is -2.80. The van der Waals surface area contributed by atoms with Crippen LogP contribution in [-0.4, -0.2) is 40.1 Å². The second kappa shape index (κ2) is 8.93. The minimum Gasteiger partial charge on any atom is -0.497 e. The summed E-state index contributed by atoms with van der Waals surface area (Å²) in [5, 5.41) is 9.13. The monoisotopic (exact) mass is 396 g/mol. The number of nitrogens with zero attached hydrogens (tertiary/aromatic N) is 4. The van der Waals surface area contributed by atoms with Crippen LogP contribution < -0.4 is 9.64 Å². The van der Waals surface area contributed by atoms with Crippen LogP contribution in [0.1, 0.15) is 13.8 Å². The Morgan fingerprint density at radius 2 is 1.82 bits per heavy atom. The van der Waals surface area contributed by atoms with Crippen LogP contribution in [0.5, 0.6) is 5.75 Å². The lowest BCUT2D eigenvalue weighted by molar-refractivity contribution is -0.117. The summed E-state index contributed by atoms with van der Waals surface area (Å²) in [6.07, 6.45) is 0. The largest absolute Gasteiger partial charge is 0.497 e. The van der Waals surface area contributed by atoms with Crippen molar-refractivity contribution in [2.45, 2.75) is 30.8 Å². The van der Waals surface area contributed by atoms with Crippen LogP contribution in [0.4, 0.5) is 5.69 Å². The third-order valence-corrected chi connectivity index (χ3v) is 5.55. The molecule has 0 spiro atoms. The maximum absolute atomic E-state index is 12.8. The van der Waals surface area contributed by atoms with Gasteiger partial charge in [-0.2, -0.15) is 0 Å². The number of para-hydroxylation sites is 1. The lowest BCUT2D eigenvalue weighted by atomic mass is 10.2. The van der Waals surface area contributed by atoms with Crippen molar-refractivity contribution >= 4 is 23.4 Å². The van der Waals surface area contributed by atoms with E-state index in [4.69, 9.17) is 4.74 Å². The molecule has 1 heterocycles. The van der Waals surface area contributed by atoms with E-state index in [-0.39, 0.29) is 11.2 Å². The number of ether oxygens (including phenoxy) is 1. The van der Waals surface area contributed by atoms with E-state index in [0.29, 0.717) is 6.54 Å². The first-order chi connectivity index (χ1) is 13.5. The number of methoxy groups -OCH3 is 1. The Kier molecular flexibility index (Phi) is 6.36. The number of aromatic nitrogens is 3. The Morgan fingerprint density at radius 3 is 2.43 bits per heavy atom. The number of carbonyl (C=O) groups excluding carboxylic acids is 1. The predicted octanol–water partition coefficient (Wildman–Crippen LogP) is 4.12. The molecule has 146 valence electrons. The number of carbonyl (C=O) groups is 1. The van der Waals surface area contributed by atoms with E-state index in [0.717, 1.165) is 28.0 Å². The van der Waals surface area contributed by atoms with Crippen molar-refractivity contribution in [1.29, 1.82) is 0 Å². The summed E-state index contributed by atoms with van der Waals surface area (Å²) >= 11 is 1.42. The first kappa shape index (κ1) is 19.9. The van der Waals surface area contributed by atoms with Crippen molar-refractivity contribution < 1.29 is 9.53 Å². The highest BCUT2D eigenvalue weighted by molar-refractivity contribution is 8.00. The Balaban J connectivity index is 1.78. The fraction of sp³-hybridized carbons (Fsp3) is 0.286. The van der Waals surface area contributed by atoms with Gasteiger partial charge in [0.05, 0.1) is 12.4 Å². The van der Waals surface area contributed by atoms with Gasteiger partial charge in [-0.1, -0.05) is 30.0 Å². The topological polar surface area (TPSA) is 60.2 Å². The fourth-order valence-corrected chi connectivity index (χ4v) is 3.88. The zero-order valence-corrected chi connectivity index (χ0v) is 17.3. The molecule has 1 aromatic heterocycles. The van der Waals surface area contributed by atoms with Crippen LogP contribution in [0.25, 0.3) is 11.4 Å². The van der Waals surface area contributed by atoms with Crippen LogP contribution in [-0.2, 0) is 11.3 Å². The molecule has 3 rings (SSSR count). The molecule has 0 saturated heterocycles. The van der Waals surface area contributed by atoms with Gasteiger partial charge in [-0.3, -0.25) is 4.79 Å². The molecule has 7 heteroatoms. The normalized spacial score (nSPS) is 11.9. The highest BCUT2D eigenvalue weighted by atomic mass is 32.2. The van der Waals surface area contributed by atoms with Crippen molar-refractivity contribution in [2.75, 3.05) is 19.1 Å². The lowest BCUT2D eigenvalue weighted by Gasteiger charge is -2.21. The molecule has 0 unspecified atom stereocenters. The number of rotatable bonds is 7. The van der Waals surface area contributed by atoms with Crippen molar-refractivity contribution in [3.05, 3.63) is 54.6 Å². The van der Waals surface area contributed by atoms with Crippen LogP contribution in [0.2, 0.25) is 0 Å². The molecular weight excluding hydrogens is 372 g/mol. The van der Waals surface area contributed by atoms with Gasteiger partial charge in [-0.15, -0.1) is 10.2 Å². The predicted molar refractivity (Wildman–Crippen MR) is 113 cm³/mol. The molecule has 0 aliphatic carbocycles. The zero-order chi connectivity index (χ0) is 20.1. The highest BCUT2D eigenvalue weighted by Crippen LogP contribution is 2.29. The molecule has 0 radical (unpaired) electrons. The van der Waals surface area contributed by atoms with Gasteiger partial charge in [0.2, 0.25) is 5.91 Å². The van der Waals surface area contributed by atoms with Gasteiger partial charge in [0.25, 0.3) is 0 Å². The van der Waals surface area contributed by atoms with Gasteiger partial charge >= 0.3 is 0 Å². The first-order valence-electron chi connectivity index (χ1n) is 9.12. The SMILES string of the molecule is CCn1c(S[C@H](C)C(=O)N(C)c2ccccc2)nnc1-c1ccc(OC)cc1. The van der Waals surface area contributed by atoms with E-state index in [1.165, 1.54) is 11.8 Å². The fourth-order valence-electron chi connectivity index (χ4n) is 2.87. The summed E-state index contributed by atoms with van der Waals surface area (Å²) in [5.74, 6) is 1.60. The Bertz CT molecular complexity index is 925. The molecule has 0 aliphatic heterocycles. The number of thioether (sulfide) groups is 1. The third kappa shape index (κ3) is 4.20. The molecule has 0 bridgehead atoms. The van der Waals surface area contributed by atoms with Crippen molar-refractivity contribution in [3.63, 3.8) is 0 Å². The molecule has 0 fully saturated rings. The summed E-state index contributed by atoms with van der Waals surface area (Å²) in [4.78, 5) is 14.5. The standard InChI is InChI=1S/C21H24N4O2S/c1-5-25-19(16-11-13-18(27-4)14-12-16)22-23-21(25)28-15(2)20(26)24(3)17-9-7-6-8-10-17/h6-15H,5H2,1-4H3/t15-/m1/s1. The average molecular weight is 397 g/mol. The number of amides is 1. The summed E-state index contributed by atoms with van der Waals surface area (Å²) in [6, 6.07) is 17.3. The van der Waals surface area contributed by atoms with Gasteiger partial charge in [-0.25, -0.2) is 0 Å². The van der Waals surface area contributed by atoms with E-state index in [2.05, 4.69) is 10.2 Å². The quantitative estimate of drug-likeness (QED) is 0.562. The van der Waals surface area contributed by atoms with Gasteiger partial charge in [0, 0.05) is 24.8 Å². The number of anilines is 1. The molecule has 1 atom stereocenters. The molecular formula is C21H24N4O2S. The highest BCUT2D eigenvalue weighted by Gasteiger charge is 2.23. The lowest BCUT2D eigenvalue weighted by Crippen LogP contribution is -2.33. The van der Waals surface area contributed by atoms with E-state index < -0.39 is 0 Å². The number of hydrogen-bond donors (Lipinski definition) is 0. The van der Waals surface area contributed by atoms with E-state index >= 15 is 0 Å². The van der Waals surface area contributed by atoms with E-state index in [1.54, 1.807) is 19.1 Å². The van der Waals surface area contributed by atoms with Gasteiger partial charge in [0.1, 0.15) is 5.75 Å². The van der Waals surface area contributed by atoms with E-state index in [1.807, 2.05) is 73.0 Å². The summed E-state index contributed by atoms with van der Waals surface area (Å²) in [5.41, 5.74) is 1.83. The summed E-state index contributed by atoms with van der Waals surface area (Å²) in [7, 11) is 3.44. The van der Waals surface area contributed by atoms with Crippen LogP contribution in [0, 0.1) is 0 Å². The molecule has 1 amide bonds. The molecule has 3 aromatic rings. The summed E-state index contributed by atoms with van der Waals surface area (Å²) in [6.45, 7) is 4.66. The minimum atomic E-state index is -0.288.